The molecule has 0 spiro atoms. The standard InChI is InChI=1S/C11H14N2O5/c1-6-9(12(3)7(2)11(15)16)4-8(14)5-10(6)13(17)18/h4-5,7,14H,1-3H3,(H,15,16). The molecular formula is C11H14N2O5. The maximum Gasteiger partial charge on any atom is 0.326 e. The summed E-state index contributed by atoms with van der Waals surface area (Å²) in [6.45, 7) is 2.97. The van der Waals surface area contributed by atoms with Gasteiger partial charge in [-0.1, -0.05) is 0 Å². The molecule has 1 atom stereocenters. The molecule has 98 valence electrons. The molecule has 1 aromatic rings. The van der Waals surface area contributed by atoms with E-state index in [9.17, 15) is 20.0 Å². The zero-order valence-electron chi connectivity index (χ0n) is 10.2. The Kier molecular flexibility index (Phi) is 3.75. The van der Waals surface area contributed by atoms with E-state index in [0.717, 1.165) is 6.07 Å². The molecule has 0 saturated carbocycles. The number of carboxylic acid groups (broad SMARTS) is 1. The topological polar surface area (TPSA) is 104 Å². The van der Waals surface area contributed by atoms with Gasteiger partial charge in [0.1, 0.15) is 11.8 Å². The minimum atomic E-state index is -1.05. The lowest BCUT2D eigenvalue weighted by Gasteiger charge is -2.25. The number of anilines is 1. The molecule has 0 bridgehead atoms. The molecular weight excluding hydrogens is 240 g/mol. The number of rotatable bonds is 4. The highest BCUT2D eigenvalue weighted by Crippen LogP contribution is 2.33. The van der Waals surface area contributed by atoms with Crippen molar-refractivity contribution < 1.29 is 19.9 Å². The van der Waals surface area contributed by atoms with Crippen LogP contribution in [-0.2, 0) is 4.79 Å². The highest BCUT2D eigenvalue weighted by Gasteiger charge is 2.23. The van der Waals surface area contributed by atoms with Crippen LogP contribution in [0.4, 0.5) is 11.4 Å². The average molecular weight is 254 g/mol. The summed E-state index contributed by atoms with van der Waals surface area (Å²) in [5.41, 5.74) is 0.388. The van der Waals surface area contributed by atoms with Crippen LogP contribution in [0.1, 0.15) is 12.5 Å². The fraction of sp³-hybridized carbons (Fsp3) is 0.364. The van der Waals surface area contributed by atoms with Crippen LogP contribution < -0.4 is 4.90 Å². The molecule has 1 rings (SSSR count). The van der Waals surface area contributed by atoms with E-state index in [4.69, 9.17) is 5.11 Å². The number of hydrogen-bond donors (Lipinski definition) is 2. The Morgan fingerprint density at radius 1 is 1.50 bits per heavy atom. The number of phenolic OH excluding ortho intramolecular Hbond substituents is 1. The number of nitrogens with zero attached hydrogens (tertiary/aromatic N) is 2. The third-order valence-corrected chi connectivity index (χ3v) is 2.85. The maximum atomic E-state index is 10.9. The first-order chi connectivity index (χ1) is 8.25. The molecule has 1 unspecified atom stereocenters. The molecule has 0 heterocycles. The fourth-order valence-electron chi connectivity index (χ4n) is 1.60. The molecule has 0 aliphatic rings. The molecule has 1 aromatic carbocycles. The molecule has 0 amide bonds. The number of likely N-dealkylation sites (N-methyl/N-ethyl adjacent to an activating group) is 1. The number of aromatic hydroxyl groups is 1. The first kappa shape index (κ1) is 13.8. The van der Waals surface area contributed by atoms with Crippen molar-refractivity contribution in [1.29, 1.82) is 0 Å². The Balaban J connectivity index is 3.32. The van der Waals surface area contributed by atoms with E-state index in [2.05, 4.69) is 0 Å². The van der Waals surface area contributed by atoms with Gasteiger partial charge in [0.2, 0.25) is 0 Å². The molecule has 0 aliphatic heterocycles. The van der Waals surface area contributed by atoms with Gasteiger partial charge in [-0.05, 0) is 13.8 Å². The van der Waals surface area contributed by atoms with E-state index in [0.29, 0.717) is 11.3 Å². The van der Waals surface area contributed by atoms with Crippen molar-refractivity contribution in [2.45, 2.75) is 19.9 Å². The average Bonchev–Trinajstić information content (AvgIpc) is 2.29. The molecule has 0 saturated heterocycles. The zero-order chi connectivity index (χ0) is 14.0. The highest BCUT2D eigenvalue weighted by molar-refractivity contribution is 5.79. The zero-order valence-corrected chi connectivity index (χ0v) is 10.2. The summed E-state index contributed by atoms with van der Waals surface area (Å²) in [5, 5.41) is 29.2. The van der Waals surface area contributed by atoms with Gasteiger partial charge in [-0.3, -0.25) is 10.1 Å². The third kappa shape index (κ3) is 2.50. The van der Waals surface area contributed by atoms with Gasteiger partial charge in [0.05, 0.1) is 22.2 Å². The largest absolute Gasteiger partial charge is 0.508 e. The molecule has 0 aliphatic carbocycles. The second-order valence-electron chi connectivity index (χ2n) is 3.99. The fourth-order valence-corrected chi connectivity index (χ4v) is 1.60. The number of carbonyl (C=O) groups is 1. The van der Waals surface area contributed by atoms with Crippen molar-refractivity contribution in [3.05, 3.63) is 27.8 Å². The smallest absolute Gasteiger partial charge is 0.326 e. The van der Waals surface area contributed by atoms with Gasteiger partial charge >= 0.3 is 5.97 Å². The summed E-state index contributed by atoms with van der Waals surface area (Å²) in [6, 6.07) is 1.49. The predicted octanol–water partition coefficient (Wildman–Crippen LogP) is 1.52. The molecule has 7 heteroatoms. The summed E-state index contributed by atoms with van der Waals surface area (Å²) in [6.07, 6.45) is 0. The van der Waals surface area contributed by atoms with Gasteiger partial charge in [0, 0.05) is 13.1 Å². The van der Waals surface area contributed by atoms with Crippen LogP contribution in [0.15, 0.2) is 12.1 Å². The lowest BCUT2D eigenvalue weighted by molar-refractivity contribution is -0.385. The van der Waals surface area contributed by atoms with Gasteiger partial charge in [0.25, 0.3) is 5.69 Å². The number of phenols is 1. The van der Waals surface area contributed by atoms with Crippen molar-refractivity contribution >= 4 is 17.3 Å². The molecule has 2 N–H and O–H groups in total. The predicted molar refractivity (Wildman–Crippen MR) is 65.0 cm³/mol. The molecule has 18 heavy (non-hydrogen) atoms. The molecule has 0 radical (unpaired) electrons. The molecule has 7 nitrogen and oxygen atoms in total. The number of nitro groups is 1. The number of hydrogen-bond acceptors (Lipinski definition) is 5. The van der Waals surface area contributed by atoms with Crippen molar-refractivity contribution in [3.8, 4) is 5.75 Å². The minimum Gasteiger partial charge on any atom is -0.508 e. The van der Waals surface area contributed by atoms with Crippen molar-refractivity contribution in [3.63, 3.8) is 0 Å². The van der Waals surface area contributed by atoms with Gasteiger partial charge in [0.15, 0.2) is 0 Å². The maximum absolute atomic E-state index is 10.9. The minimum absolute atomic E-state index is 0.241. The molecule has 0 fully saturated rings. The Bertz CT molecular complexity index is 500. The SMILES string of the molecule is Cc1c(N(C)C(C)C(=O)O)cc(O)cc1[N+](=O)[O-]. The monoisotopic (exact) mass is 254 g/mol. The number of nitro benzene ring substituents is 1. The van der Waals surface area contributed by atoms with Gasteiger partial charge in [-0.2, -0.15) is 0 Å². The van der Waals surface area contributed by atoms with E-state index in [-0.39, 0.29) is 11.4 Å². The van der Waals surface area contributed by atoms with E-state index in [1.54, 1.807) is 0 Å². The first-order valence-corrected chi connectivity index (χ1v) is 5.19. The summed E-state index contributed by atoms with van der Waals surface area (Å²) in [7, 11) is 1.50. The van der Waals surface area contributed by atoms with Crippen LogP contribution in [0.5, 0.6) is 5.75 Å². The van der Waals surface area contributed by atoms with Crippen LogP contribution in [0.2, 0.25) is 0 Å². The van der Waals surface area contributed by atoms with Crippen LogP contribution in [0, 0.1) is 17.0 Å². The molecule has 0 aromatic heterocycles. The lowest BCUT2D eigenvalue weighted by atomic mass is 10.1. The Hall–Kier alpha value is -2.31. The van der Waals surface area contributed by atoms with Crippen LogP contribution in [-0.4, -0.2) is 34.2 Å². The van der Waals surface area contributed by atoms with Gasteiger partial charge in [-0.15, -0.1) is 0 Å². The normalized spacial score (nSPS) is 11.9. The third-order valence-electron chi connectivity index (χ3n) is 2.85. The Labute approximate surface area is 103 Å². The number of carboxylic acids is 1. The summed E-state index contributed by atoms with van der Waals surface area (Å²) in [5.74, 6) is -1.32. The van der Waals surface area contributed by atoms with Crippen molar-refractivity contribution in [2.75, 3.05) is 11.9 Å². The van der Waals surface area contributed by atoms with E-state index >= 15 is 0 Å². The quantitative estimate of drug-likeness (QED) is 0.623. The van der Waals surface area contributed by atoms with E-state index in [1.165, 1.54) is 31.9 Å². The van der Waals surface area contributed by atoms with Crippen molar-refractivity contribution in [1.82, 2.24) is 0 Å². The van der Waals surface area contributed by atoms with Gasteiger partial charge in [-0.25, -0.2) is 4.79 Å². The Morgan fingerprint density at radius 3 is 2.50 bits per heavy atom. The van der Waals surface area contributed by atoms with Crippen LogP contribution in [0.3, 0.4) is 0 Å². The summed E-state index contributed by atoms with van der Waals surface area (Å²) >= 11 is 0. The van der Waals surface area contributed by atoms with E-state index < -0.39 is 16.9 Å². The van der Waals surface area contributed by atoms with Crippen molar-refractivity contribution in [2.24, 2.45) is 0 Å². The summed E-state index contributed by atoms with van der Waals surface area (Å²) < 4.78 is 0. The number of benzene rings is 1. The Morgan fingerprint density at radius 2 is 2.06 bits per heavy atom. The van der Waals surface area contributed by atoms with Crippen LogP contribution >= 0.6 is 0 Å². The highest BCUT2D eigenvalue weighted by atomic mass is 16.6. The van der Waals surface area contributed by atoms with E-state index in [1.807, 2.05) is 0 Å². The second-order valence-corrected chi connectivity index (χ2v) is 3.99. The number of aliphatic carboxylic acids is 1. The second kappa shape index (κ2) is 4.91. The van der Waals surface area contributed by atoms with Crippen LogP contribution in [0.25, 0.3) is 0 Å². The lowest BCUT2D eigenvalue weighted by Crippen LogP contribution is -2.36. The summed E-state index contributed by atoms with van der Waals surface area (Å²) in [4.78, 5) is 22.5. The first-order valence-electron chi connectivity index (χ1n) is 5.19. The van der Waals surface area contributed by atoms with Gasteiger partial charge < -0.3 is 15.1 Å².